The minimum Gasteiger partial charge on any atom is -0.351 e. The van der Waals surface area contributed by atoms with Crippen molar-refractivity contribution in [1.29, 1.82) is 0 Å². The van der Waals surface area contributed by atoms with Crippen LogP contribution in [0.2, 0.25) is 0 Å². The van der Waals surface area contributed by atoms with E-state index >= 15 is 0 Å². The summed E-state index contributed by atoms with van der Waals surface area (Å²) in [7, 11) is 0. The number of alkyl halides is 3. The molecule has 0 saturated carbocycles. The number of benzene rings is 1. The van der Waals surface area contributed by atoms with Crippen molar-refractivity contribution in [2.75, 3.05) is 13.1 Å². The van der Waals surface area contributed by atoms with Gasteiger partial charge in [0.05, 0.1) is 5.69 Å². The Hall–Kier alpha value is -2.49. The van der Waals surface area contributed by atoms with E-state index in [-0.39, 0.29) is 18.8 Å². The number of hydrogen-bond donors (Lipinski definition) is 2. The Kier molecular flexibility index (Phi) is 4.94. The maximum Gasteiger partial charge on any atom is 0.435 e. The average Bonchev–Trinajstić information content (AvgIpc) is 2.92. The minimum atomic E-state index is -4.89. The van der Waals surface area contributed by atoms with Gasteiger partial charge in [-0.1, -0.05) is 11.3 Å². The van der Waals surface area contributed by atoms with Crippen LogP contribution < -0.4 is 11.1 Å². The predicted octanol–water partition coefficient (Wildman–Crippen LogP) is 1.50. The SMILES string of the molecule is NCCCNC(=O)c1nnn(-c2cccc(F)c2)c1C(F)(F)F. The van der Waals surface area contributed by atoms with Crippen LogP contribution in [0.25, 0.3) is 5.69 Å². The zero-order chi connectivity index (χ0) is 17.0. The molecule has 2 rings (SSSR count). The number of amides is 1. The molecule has 6 nitrogen and oxygen atoms in total. The molecule has 0 unspecified atom stereocenters. The van der Waals surface area contributed by atoms with Gasteiger partial charge in [0.1, 0.15) is 5.82 Å². The van der Waals surface area contributed by atoms with Gasteiger partial charge in [0, 0.05) is 6.54 Å². The molecular formula is C13H13F4N5O. The van der Waals surface area contributed by atoms with Gasteiger partial charge < -0.3 is 11.1 Å². The molecule has 1 aromatic carbocycles. The summed E-state index contributed by atoms with van der Waals surface area (Å²) in [5, 5.41) is 8.91. The molecule has 0 radical (unpaired) electrons. The van der Waals surface area contributed by atoms with Crippen molar-refractivity contribution >= 4 is 5.91 Å². The Morgan fingerprint density at radius 3 is 2.70 bits per heavy atom. The van der Waals surface area contributed by atoms with Gasteiger partial charge in [-0.2, -0.15) is 13.2 Å². The van der Waals surface area contributed by atoms with Crippen LogP contribution in [0.3, 0.4) is 0 Å². The van der Waals surface area contributed by atoms with Crippen molar-refractivity contribution in [3.05, 3.63) is 41.5 Å². The number of hydrogen-bond acceptors (Lipinski definition) is 4. The highest BCUT2D eigenvalue weighted by atomic mass is 19.4. The number of nitrogens with zero attached hydrogens (tertiary/aromatic N) is 3. The van der Waals surface area contributed by atoms with E-state index in [0.717, 1.165) is 12.1 Å². The Balaban J connectivity index is 2.44. The third-order valence-electron chi connectivity index (χ3n) is 2.87. The van der Waals surface area contributed by atoms with Crippen molar-refractivity contribution < 1.29 is 22.4 Å². The summed E-state index contributed by atoms with van der Waals surface area (Å²) in [4.78, 5) is 11.9. The fourth-order valence-corrected chi connectivity index (χ4v) is 1.87. The Morgan fingerprint density at radius 1 is 1.35 bits per heavy atom. The smallest absolute Gasteiger partial charge is 0.351 e. The second-order valence-corrected chi connectivity index (χ2v) is 4.57. The van der Waals surface area contributed by atoms with E-state index in [0.29, 0.717) is 11.1 Å². The summed E-state index contributed by atoms with van der Waals surface area (Å²) in [6.45, 7) is 0.391. The van der Waals surface area contributed by atoms with Crippen LogP contribution in [0.15, 0.2) is 24.3 Å². The minimum absolute atomic E-state index is 0.111. The van der Waals surface area contributed by atoms with Gasteiger partial charge in [-0.3, -0.25) is 4.79 Å². The van der Waals surface area contributed by atoms with E-state index in [1.165, 1.54) is 12.1 Å². The number of carbonyl (C=O) groups excluding carboxylic acids is 1. The van der Waals surface area contributed by atoms with E-state index in [1.807, 2.05) is 0 Å². The lowest BCUT2D eigenvalue weighted by atomic mass is 10.2. The number of rotatable bonds is 5. The molecule has 1 aromatic heterocycles. The van der Waals surface area contributed by atoms with E-state index in [9.17, 15) is 22.4 Å². The molecule has 3 N–H and O–H groups in total. The van der Waals surface area contributed by atoms with Crippen molar-refractivity contribution in [2.24, 2.45) is 5.73 Å². The lowest BCUT2D eigenvalue weighted by Gasteiger charge is -2.11. The quantitative estimate of drug-likeness (QED) is 0.642. The highest BCUT2D eigenvalue weighted by Crippen LogP contribution is 2.32. The molecule has 0 spiro atoms. The van der Waals surface area contributed by atoms with Gasteiger partial charge in [-0.05, 0) is 31.2 Å². The number of carbonyl (C=O) groups is 1. The first-order valence-electron chi connectivity index (χ1n) is 6.61. The molecule has 0 saturated heterocycles. The average molecular weight is 331 g/mol. The van der Waals surface area contributed by atoms with Crippen LogP contribution in [0.5, 0.6) is 0 Å². The first-order valence-corrected chi connectivity index (χ1v) is 6.61. The summed E-state index contributed by atoms with van der Waals surface area (Å²) < 4.78 is 53.5. The first kappa shape index (κ1) is 16.9. The normalized spacial score (nSPS) is 11.5. The highest BCUT2D eigenvalue weighted by molar-refractivity contribution is 5.93. The van der Waals surface area contributed by atoms with Crippen LogP contribution in [-0.2, 0) is 6.18 Å². The van der Waals surface area contributed by atoms with Crippen LogP contribution in [0.1, 0.15) is 22.6 Å². The molecule has 0 bridgehead atoms. The maximum atomic E-state index is 13.3. The van der Waals surface area contributed by atoms with Gasteiger partial charge >= 0.3 is 6.18 Å². The third-order valence-corrected chi connectivity index (χ3v) is 2.87. The van der Waals surface area contributed by atoms with E-state index in [4.69, 9.17) is 5.73 Å². The topological polar surface area (TPSA) is 85.8 Å². The van der Waals surface area contributed by atoms with Gasteiger partial charge in [0.15, 0.2) is 11.4 Å². The van der Waals surface area contributed by atoms with Crippen molar-refractivity contribution in [1.82, 2.24) is 20.3 Å². The third kappa shape index (κ3) is 3.83. The molecule has 0 aliphatic rings. The summed E-state index contributed by atoms with van der Waals surface area (Å²) >= 11 is 0. The molecule has 0 atom stereocenters. The van der Waals surface area contributed by atoms with Gasteiger partial charge in [-0.25, -0.2) is 9.07 Å². The lowest BCUT2D eigenvalue weighted by Crippen LogP contribution is -2.29. The summed E-state index contributed by atoms with van der Waals surface area (Å²) in [6.07, 6.45) is -4.48. The number of halogens is 4. The Labute approximate surface area is 128 Å². The van der Waals surface area contributed by atoms with Crippen LogP contribution in [0, 0.1) is 5.82 Å². The standard InChI is InChI=1S/C13H13F4N5O/c14-8-3-1-4-9(7-8)22-11(13(15,16)17)10(20-21-22)12(23)19-6-2-5-18/h1,3-4,7H,2,5-6,18H2,(H,19,23). The summed E-state index contributed by atoms with van der Waals surface area (Å²) in [5.41, 5.74) is 2.82. The second kappa shape index (κ2) is 6.73. The monoisotopic (exact) mass is 331 g/mol. The van der Waals surface area contributed by atoms with Crippen LogP contribution >= 0.6 is 0 Å². The zero-order valence-electron chi connectivity index (χ0n) is 11.8. The van der Waals surface area contributed by atoms with E-state index < -0.39 is 29.3 Å². The molecule has 1 amide bonds. The van der Waals surface area contributed by atoms with Gasteiger partial charge in [0.25, 0.3) is 5.91 Å². The second-order valence-electron chi connectivity index (χ2n) is 4.57. The van der Waals surface area contributed by atoms with E-state index in [1.54, 1.807) is 0 Å². The number of aromatic nitrogens is 3. The molecule has 0 aliphatic heterocycles. The van der Waals surface area contributed by atoms with Crippen molar-refractivity contribution in [3.63, 3.8) is 0 Å². The molecule has 10 heteroatoms. The van der Waals surface area contributed by atoms with Crippen LogP contribution in [-0.4, -0.2) is 34.0 Å². The lowest BCUT2D eigenvalue weighted by molar-refractivity contribution is -0.143. The zero-order valence-corrected chi connectivity index (χ0v) is 11.8. The maximum absolute atomic E-state index is 13.3. The fourth-order valence-electron chi connectivity index (χ4n) is 1.87. The molecule has 23 heavy (non-hydrogen) atoms. The van der Waals surface area contributed by atoms with Gasteiger partial charge in [0.2, 0.25) is 0 Å². The Morgan fingerprint density at radius 2 is 2.09 bits per heavy atom. The number of nitrogens with one attached hydrogen (secondary N) is 1. The molecule has 0 aliphatic carbocycles. The molecule has 1 heterocycles. The molecular weight excluding hydrogens is 318 g/mol. The molecule has 2 aromatic rings. The predicted molar refractivity (Wildman–Crippen MR) is 72.3 cm³/mol. The molecule has 0 fully saturated rings. The van der Waals surface area contributed by atoms with Crippen LogP contribution in [0.4, 0.5) is 17.6 Å². The summed E-state index contributed by atoms with van der Waals surface area (Å²) in [6, 6.07) is 4.39. The number of nitrogens with two attached hydrogens (primary N) is 1. The molecule has 124 valence electrons. The largest absolute Gasteiger partial charge is 0.435 e. The van der Waals surface area contributed by atoms with Crippen molar-refractivity contribution in [3.8, 4) is 5.69 Å². The first-order chi connectivity index (χ1) is 10.8. The highest BCUT2D eigenvalue weighted by Gasteiger charge is 2.41. The summed E-state index contributed by atoms with van der Waals surface area (Å²) in [5.74, 6) is -1.76. The van der Waals surface area contributed by atoms with E-state index in [2.05, 4.69) is 15.6 Å². The fraction of sp³-hybridized carbons (Fsp3) is 0.308. The van der Waals surface area contributed by atoms with Crippen molar-refractivity contribution in [2.45, 2.75) is 12.6 Å². The Bertz CT molecular complexity index is 698. The van der Waals surface area contributed by atoms with Gasteiger partial charge in [-0.15, -0.1) is 5.10 Å².